The van der Waals surface area contributed by atoms with Gasteiger partial charge in [-0.2, -0.15) is 0 Å². The maximum Gasteiger partial charge on any atom is 0.303 e. The Bertz CT molecular complexity index is 679. The van der Waals surface area contributed by atoms with Crippen molar-refractivity contribution in [2.45, 2.75) is 37.5 Å². The number of fused-ring (bicyclic) bond motifs is 2. The van der Waals surface area contributed by atoms with Crippen LogP contribution in [0.2, 0.25) is 0 Å². The molecule has 2 atom stereocenters. The quantitative estimate of drug-likeness (QED) is 0.925. The van der Waals surface area contributed by atoms with Crippen molar-refractivity contribution in [3.8, 4) is 0 Å². The van der Waals surface area contributed by atoms with E-state index in [2.05, 4.69) is 4.99 Å². The Morgan fingerprint density at radius 3 is 2.82 bits per heavy atom. The molecule has 0 radical (unpaired) electrons. The lowest BCUT2D eigenvalue weighted by atomic mass is 9.65. The second kappa shape index (κ2) is 5.48. The zero-order chi connectivity index (χ0) is 15.7. The Kier molecular flexibility index (Phi) is 3.64. The fraction of sp³-hybridized carbons (Fsp3) is 0.412. The van der Waals surface area contributed by atoms with Gasteiger partial charge in [-0.3, -0.25) is 19.4 Å². The van der Waals surface area contributed by atoms with Crippen LogP contribution >= 0.6 is 0 Å². The minimum absolute atomic E-state index is 0.0308. The molecule has 1 aliphatic carbocycles. The van der Waals surface area contributed by atoms with Gasteiger partial charge in [0.15, 0.2) is 0 Å². The fourth-order valence-electron chi connectivity index (χ4n) is 3.44. The van der Waals surface area contributed by atoms with Crippen LogP contribution in [0.15, 0.2) is 29.3 Å². The van der Waals surface area contributed by atoms with Crippen LogP contribution in [-0.4, -0.2) is 28.9 Å². The summed E-state index contributed by atoms with van der Waals surface area (Å²) in [6, 6.07) is 7.50. The van der Waals surface area contributed by atoms with E-state index in [0.717, 1.165) is 11.3 Å². The molecule has 2 aliphatic rings. The maximum absolute atomic E-state index is 12.5. The zero-order valence-corrected chi connectivity index (χ0v) is 12.1. The smallest absolute Gasteiger partial charge is 0.303 e. The van der Waals surface area contributed by atoms with Crippen LogP contribution in [0.5, 0.6) is 0 Å². The lowest BCUT2D eigenvalue weighted by molar-refractivity contribution is -0.139. The number of aliphatic carboxylic acids is 1. The number of carboxylic acid groups (broad SMARTS) is 1. The van der Waals surface area contributed by atoms with Gasteiger partial charge in [-0.1, -0.05) is 18.2 Å². The van der Waals surface area contributed by atoms with E-state index in [1.165, 1.54) is 0 Å². The largest absolute Gasteiger partial charge is 0.481 e. The number of hydrogen-bond donors (Lipinski definition) is 1. The van der Waals surface area contributed by atoms with E-state index in [4.69, 9.17) is 5.11 Å². The number of ketones is 2. The molecular formula is C17H17NO4. The zero-order valence-electron chi connectivity index (χ0n) is 12.1. The van der Waals surface area contributed by atoms with Crippen molar-refractivity contribution in [1.82, 2.24) is 0 Å². The van der Waals surface area contributed by atoms with Crippen molar-refractivity contribution in [2.75, 3.05) is 0 Å². The Labute approximate surface area is 128 Å². The van der Waals surface area contributed by atoms with Gasteiger partial charge < -0.3 is 5.11 Å². The van der Waals surface area contributed by atoms with Crippen LogP contribution in [0.1, 0.15) is 37.7 Å². The molecule has 1 heterocycles. The molecule has 5 heteroatoms. The van der Waals surface area contributed by atoms with Crippen molar-refractivity contribution in [3.05, 3.63) is 29.8 Å². The number of Topliss-reactive ketones (excluding diaryl/α,β-unsaturated/α-hetero) is 2. The minimum Gasteiger partial charge on any atom is -0.481 e. The highest BCUT2D eigenvalue weighted by Crippen LogP contribution is 2.46. The van der Waals surface area contributed by atoms with Gasteiger partial charge in [-0.15, -0.1) is 0 Å². The van der Waals surface area contributed by atoms with Gasteiger partial charge in [-0.05, 0) is 24.5 Å². The van der Waals surface area contributed by atoms with Crippen LogP contribution in [0.3, 0.4) is 0 Å². The molecule has 114 valence electrons. The molecule has 0 bridgehead atoms. The van der Waals surface area contributed by atoms with Gasteiger partial charge in [0.1, 0.15) is 11.6 Å². The SMILES string of the molecule is O=C(O)CCC(=O)C1CCC(=O)C2(C=Nc3ccccc32)C1. The first-order valence-electron chi connectivity index (χ1n) is 7.45. The predicted molar refractivity (Wildman–Crippen MR) is 80.5 cm³/mol. The lowest BCUT2D eigenvalue weighted by Gasteiger charge is -2.34. The number of para-hydroxylation sites is 1. The molecule has 22 heavy (non-hydrogen) atoms. The summed E-state index contributed by atoms with van der Waals surface area (Å²) in [6.45, 7) is 0. The third-order valence-electron chi connectivity index (χ3n) is 4.64. The second-order valence-corrected chi connectivity index (χ2v) is 5.97. The number of carbonyl (C=O) groups is 3. The van der Waals surface area contributed by atoms with E-state index in [0.29, 0.717) is 19.3 Å². The van der Waals surface area contributed by atoms with Crippen LogP contribution in [0.4, 0.5) is 5.69 Å². The van der Waals surface area contributed by atoms with E-state index < -0.39 is 11.4 Å². The summed E-state index contributed by atoms with van der Waals surface area (Å²) in [4.78, 5) is 39.7. The van der Waals surface area contributed by atoms with E-state index in [9.17, 15) is 14.4 Å². The van der Waals surface area contributed by atoms with Crippen LogP contribution in [-0.2, 0) is 19.8 Å². The molecule has 5 nitrogen and oxygen atoms in total. The van der Waals surface area contributed by atoms with Gasteiger partial charge in [0.05, 0.1) is 17.5 Å². The number of nitrogens with zero attached hydrogens (tertiary/aromatic N) is 1. The van der Waals surface area contributed by atoms with Crippen molar-refractivity contribution in [3.63, 3.8) is 0 Å². The molecule has 1 aliphatic heterocycles. The molecule has 1 spiro atoms. The average molecular weight is 299 g/mol. The molecule has 1 aromatic rings. The topological polar surface area (TPSA) is 83.8 Å². The third-order valence-corrected chi connectivity index (χ3v) is 4.64. The number of rotatable bonds is 4. The van der Waals surface area contributed by atoms with Crippen LogP contribution < -0.4 is 0 Å². The summed E-state index contributed by atoms with van der Waals surface area (Å²) in [5.74, 6) is -1.20. The Hall–Kier alpha value is -2.30. The first-order valence-corrected chi connectivity index (χ1v) is 7.45. The Morgan fingerprint density at radius 1 is 1.27 bits per heavy atom. The van der Waals surface area contributed by atoms with Gasteiger partial charge in [-0.25, -0.2) is 0 Å². The standard InChI is InChI=1S/C17H17NO4/c19-14(6-8-16(21)22)11-5-7-15(20)17(9-11)10-18-13-4-2-1-3-12(13)17/h1-4,10-11H,5-9H2,(H,21,22). The normalized spacial score (nSPS) is 26.2. The van der Waals surface area contributed by atoms with Gasteiger partial charge in [0.2, 0.25) is 0 Å². The van der Waals surface area contributed by atoms with E-state index >= 15 is 0 Å². The summed E-state index contributed by atoms with van der Waals surface area (Å²) in [5, 5.41) is 8.71. The third kappa shape index (κ3) is 2.36. The summed E-state index contributed by atoms with van der Waals surface area (Å²) in [6.07, 6.45) is 2.81. The fourth-order valence-corrected chi connectivity index (χ4v) is 3.44. The van der Waals surface area contributed by atoms with Crippen LogP contribution in [0, 0.1) is 5.92 Å². The average Bonchev–Trinajstić information content (AvgIpc) is 2.88. The molecule has 0 aromatic heterocycles. The molecule has 1 saturated carbocycles. The minimum atomic E-state index is -0.970. The van der Waals surface area contributed by atoms with E-state index in [1.54, 1.807) is 6.21 Å². The Balaban J connectivity index is 1.84. The first kappa shape index (κ1) is 14.6. The van der Waals surface area contributed by atoms with Gasteiger partial charge in [0.25, 0.3) is 0 Å². The molecule has 1 N–H and O–H groups in total. The van der Waals surface area contributed by atoms with Crippen molar-refractivity contribution in [2.24, 2.45) is 10.9 Å². The van der Waals surface area contributed by atoms with Crippen LogP contribution in [0.25, 0.3) is 0 Å². The molecule has 1 aromatic carbocycles. The predicted octanol–water partition coefficient (Wildman–Crippen LogP) is 2.44. The number of carboxylic acids is 1. The number of hydrogen-bond acceptors (Lipinski definition) is 4. The van der Waals surface area contributed by atoms with Gasteiger partial charge >= 0.3 is 5.97 Å². The number of carbonyl (C=O) groups excluding carboxylic acids is 2. The van der Waals surface area contributed by atoms with Gasteiger partial charge in [0, 0.05) is 25.0 Å². The van der Waals surface area contributed by atoms with Crippen molar-refractivity contribution in [1.29, 1.82) is 0 Å². The van der Waals surface area contributed by atoms with Crippen molar-refractivity contribution >= 4 is 29.4 Å². The number of benzene rings is 1. The maximum atomic E-state index is 12.5. The highest BCUT2D eigenvalue weighted by atomic mass is 16.4. The molecule has 2 unspecified atom stereocenters. The molecular weight excluding hydrogens is 282 g/mol. The monoisotopic (exact) mass is 299 g/mol. The molecule has 0 saturated heterocycles. The van der Waals surface area contributed by atoms with E-state index in [1.807, 2.05) is 24.3 Å². The lowest BCUT2D eigenvalue weighted by Crippen LogP contribution is -2.43. The highest BCUT2D eigenvalue weighted by molar-refractivity contribution is 6.11. The van der Waals surface area contributed by atoms with E-state index in [-0.39, 0.29) is 30.3 Å². The highest BCUT2D eigenvalue weighted by Gasteiger charge is 2.48. The summed E-state index contributed by atoms with van der Waals surface area (Å²) in [5.41, 5.74) is 0.864. The second-order valence-electron chi connectivity index (χ2n) is 5.97. The first-order chi connectivity index (χ1) is 10.5. The molecule has 0 amide bonds. The number of aliphatic imine (C=N–C) groups is 1. The summed E-state index contributed by atoms with van der Waals surface area (Å²) >= 11 is 0. The molecule has 3 rings (SSSR count). The Morgan fingerprint density at radius 2 is 2.05 bits per heavy atom. The van der Waals surface area contributed by atoms with Crippen molar-refractivity contribution < 1.29 is 19.5 Å². The summed E-state index contributed by atoms with van der Waals surface area (Å²) < 4.78 is 0. The molecule has 1 fully saturated rings. The summed E-state index contributed by atoms with van der Waals surface area (Å²) in [7, 11) is 0.